The summed E-state index contributed by atoms with van der Waals surface area (Å²) in [7, 11) is -1.74. The first-order valence-electron chi connectivity index (χ1n) is 3.16. The molecule has 0 fully saturated rings. The van der Waals surface area contributed by atoms with Crippen LogP contribution in [0.2, 0.25) is 0 Å². The molecule has 0 aliphatic carbocycles. The van der Waals surface area contributed by atoms with Crippen LogP contribution in [0.1, 0.15) is 5.82 Å². The first kappa shape index (κ1) is 9.14. The lowest BCUT2D eigenvalue weighted by atomic mass is 10.7. The zero-order valence-corrected chi connectivity index (χ0v) is 7.58. The number of aromatic nitrogens is 3. The molecule has 0 atom stereocenters. The molecule has 0 aromatic carbocycles. The quantitative estimate of drug-likeness (QED) is 0.590. The molecule has 0 saturated heterocycles. The molecule has 68 valence electrons. The standard InChI is InChI=1S/C5H9N3O3S/c1-8-5(6-4-7-8)3-11-12(2,9)10/h4H,3H2,1-2H3. The normalized spacial score (nSPS) is 11.8. The highest BCUT2D eigenvalue weighted by Gasteiger charge is 2.05. The Bertz CT molecular complexity index is 356. The van der Waals surface area contributed by atoms with Crippen LogP contribution in [-0.2, 0) is 28.0 Å². The molecule has 0 saturated carbocycles. The topological polar surface area (TPSA) is 74.1 Å². The molecule has 0 aliphatic heterocycles. The Morgan fingerprint density at radius 2 is 2.33 bits per heavy atom. The minimum atomic E-state index is -3.40. The molecule has 0 spiro atoms. The summed E-state index contributed by atoms with van der Waals surface area (Å²) in [4.78, 5) is 3.78. The Hall–Kier alpha value is -0.950. The van der Waals surface area contributed by atoms with Gasteiger partial charge in [0.05, 0.1) is 6.26 Å². The fourth-order valence-electron chi connectivity index (χ4n) is 0.611. The van der Waals surface area contributed by atoms with Gasteiger partial charge in [-0.05, 0) is 0 Å². The van der Waals surface area contributed by atoms with E-state index in [-0.39, 0.29) is 6.61 Å². The van der Waals surface area contributed by atoms with Gasteiger partial charge in [-0.3, -0.25) is 8.86 Å². The van der Waals surface area contributed by atoms with Gasteiger partial charge in [-0.1, -0.05) is 0 Å². The van der Waals surface area contributed by atoms with Crippen LogP contribution in [0.5, 0.6) is 0 Å². The zero-order valence-electron chi connectivity index (χ0n) is 6.76. The summed E-state index contributed by atoms with van der Waals surface area (Å²) in [6.45, 7) is -0.0741. The van der Waals surface area contributed by atoms with Crippen molar-refractivity contribution < 1.29 is 12.6 Å². The molecule has 12 heavy (non-hydrogen) atoms. The average Bonchev–Trinajstić information content (AvgIpc) is 2.29. The van der Waals surface area contributed by atoms with Crippen LogP contribution in [0, 0.1) is 0 Å². The predicted molar refractivity (Wildman–Crippen MR) is 40.6 cm³/mol. The van der Waals surface area contributed by atoms with Gasteiger partial charge in [0.2, 0.25) is 0 Å². The number of aryl methyl sites for hydroxylation is 1. The molecule has 0 aliphatic rings. The van der Waals surface area contributed by atoms with E-state index in [1.165, 1.54) is 11.0 Å². The second-order valence-corrected chi connectivity index (χ2v) is 3.91. The second-order valence-electron chi connectivity index (χ2n) is 2.27. The lowest BCUT2D eigenvalue weighted by molar-refractivity contribution is 0.296. The van der Waals surface area contributed by atoms with Crippen molar-refractivity contribution in [3.05, 3.63) is 12.2 Å². The molecule has 0 bridgehead atoms. The Morgan fingerprint density at radius 1 is 1.67 bits per heavy atom. The molecule has 1 aromatic rings. The van der Waals surface area contributed by atoms with Crippen molar-refractivity contribution in [2.24, 2.45) is 7.05 Å². The summed E-state index contributed by atoms with van der Waals surface area (Å²) in [5.41, 5.74) is 0. The third-order valence-electron chi connectivity index (χ3n) is 1.21. The Balaban J connectivity index is 2.61. The van der Waals surface area contributed by atoms with Crippen molar-refractivity contribution in [3.8, 4) is 0 Å². The highest BCUT2D eigenvalue weighted by molar-refractivity contribution is 7.85. The van der Waals surface area contributed by atoms with Crippen LogP contribution in [0.15, 0.2) is 6.33 Å². The summed E-state index contributed by atoms with van der Waals surface area (Å²) in [6.07, 6.45) is 2.32. The van der Waals surface area contributed by atoms with E-state index in [1.54, 1.807) is 7.05 Å². The van der Waals surface area contributed by atoms with Crippen LogP contribution in [0.3, 0.4) is 0 Å². The zero-order chi connectivity index (χ0) is 9.19. The molecular weight excluding hydrogens is 182 g/mol. The van der Waals surface area contributed by atoms with E-state index >= 15 is 0 Å². The monoisotopic (exact) mass is 191 g/mol. The molecule has 0 radical (unpaired) electrons. The van der Waals surface area contributed by atoms with Gasteiger partial charge in [0, 0.05) is 7.05 Å². The van der Waals surface area contributed by atoms with E-state index in [0.717, 1.165) is 6.26 Å². The van der Waals surface area contributed by atoms with Crippen molar-refractivity contribution in [2.45, 2.75) is 6.61 Å². The number of nitrogens with zero attached hydrogens (tertiary/aromatic N) is 3. The fourth-order valence-corrected chi connectivity index (χ4v) is 0.930. The van der Waals surface area contributed by atoms with E-state index in [2.05, 4.69) is 14.3 Å². The minimum absolute atomic E-state index is 0.0741. The summed E-state index contributed by atoms with van der Waals surface area (Å²) in [5.74, 6) is 0.473. The maximum absolute atomic E-state index is 10.6. The summed E-state index contributed by atoms with van der Waals surface area (Å²) < 4.78 is 27.1. The maximum atomic E-state index is 10.6. The Kier molecular flexibility index (Phi) is 2.43. The van der Waals surface area contributed by atoms with E-state index in [9.17, 15) is 8.42 Å². The molecule has 6 nitrogen and oxygen atoms in total. The van der Waals surface area contributed by atoms with E-state index in [0.29, 0.717) is 5.82 Å². The van der Waals surface area contributed by atoms with Gasteiger partial charge in [0.15, 0.2) is 5.82 Å². The average molecular weight is 191 g/mol. The summed E-state index contributed by atoms with van der Waals surface area (Å²) in [5, 5.41) is 3.75. The summed E-state index contributed by atoms with van der Waals surface area (Å²) in [6, 6.07) is 0. The highest BCUT2D eigenvalue weighted by Crippen LogP contribution is 1.97. The van der Waals surface area contributed by atoms with Crippen molar-refractivity contribution in [1.82, 2.24) is 14.8 Å². The van der Waals surface area contributed by atoms with Crippen LogP contribution < -0.4 is 0 Å². The van der Waals surface area contributed by atoms with Crippen LogP contribution in [0.4, 0.5) is 0 Å². The van der Waals surface area contributed by atoms with Crippen molar-refractivity contribution in [3.63, 3.8) is 0 Å². The third kappa shape index (κ3) is 2.59. The van der Waals surface area contributed by atoms with Crippen molar-refractivity contribution in [2.75, 3.05) is 6.26 Å². The highest BCUT2D eigenvalue weighted by atomic mass is 32.2. The molecule has 0 unspecified atom stereocenters. The molecule has 1 heterocycles. The fraction of sp³-hybridized carbons (Fsp3) is 0.600. The first-order valence-corrected chi connectivity index (χ1v) is 4.98. The van der Waals surface area contributed by atoms with Crippen molar-refractivity contribution >= 4 is 10.1 Å². The largest absolute Gasteiger partial charge is 0.264 e. The number of rotatable bonds is 3. The lowest BCUT2D eigenvalue weighted by Crippen LogP contribution is -2.07. The van der Waals surface area contributed by atoms with E-state index in [4.69, 9.17) is 0 Å². The van der Waals surface area contributed by atoms with Gasteiger partial charge in [-0.15, -0.1) is 0 Å². The molecule has 1 aromatic heterocycles. The van der Waals surface area contributed by atoms with Gasteiger partial charge in [-0.25, -0.2) is 4.98 Å². The molecule has 0 N–H and O–H groups in total. The number of hydrogen-bond acceptors (Lipinski definition) is 5. The maximum Gasteiger partial charge on any atom is 0.264 e. The molecular formula is C5H9N3O3S. The van der Waals surface area contributed by atoms with Gasteiger partial charge in [-0.2, -0.15) is 13.5 Å². The Labute approximate surface area is 70.3 Å². The van der Waals surface area contributed by atoms with Gasteiger partial charge < -0.3 is 0 Å². The molecule has 0 amide bonds. The smallest absolute Gasteiger partial charge is 0.262 e. The Morgan fingerprint density at radius 3 is 2.75 bits per heavy atom. The van der Waals surface area contributed by atoms with Gasteiger partial charge in [0.1, 0.15) is 12.9 Å². The van der Waals surface area contributed by atoms with Gasteiger partial charge >= 0.3 is 0 Å². The first-order chi connectivity index (χ1) is 5.49. The third-order valence-corrected chi connectivity index (χ3v) is 1.75. The second kappa shape index (κ2) is 3.20. The number of hydrogen-bond donors (Lipinski definition) is 0. The van der Waals surface area contributed by atoms with Gasteiger partial charge in [0.25, 0.3) is 10.1 Å². The van der Waals surface area contributed by atoms with Crippen LogP contribution >= 0.6 is 0 Å². The van der Waals surface area contributed by atoms with Crippen molar-refractivity contribution in [1.29, 1.82) is 0 Å². The van der Waals surface area contributed by atoms with E-state index in [1.807, 2.05) is 0 Å². The minimum Gasteiger partial charge on any atom is -0.262 e. The van der Waals surface area contributed by atoms with Crippen LogP contribution in [-0.4, -0.2) is 29.4 Å². The van der Waals surface area contributed by atoms with E-state index < -0.39 is 10.1 Å². The van der Waals surface area contributed by atoms with Crippen LogP contribution in [0.25, 0.3) is 0 Å². The predicted octanol–water partition coefficient (Wildman–Crippen LogP) is -0.709. The summed E-state index contributed by atoms with van der Waals surface area (Å²) >= 11 is 0. The molecule has 7 heteroatoms. The lowest BCUT2D eigenvalue weighted by Gasteiger charge is -1.99. The SMILES string of the molecule is Cn1ncnc1COS(C)(=O)=O. The molecule has 1 rings (SSSR count).